The van der Waals surface area contributed by atoms with Crippen LogP contribution in [0.25, 0.3) is 0 Å². The second kappa shape index (κ2) is 5.91. The van der Waals surface area contributed by atoms with Crippen molar-refractivity contribution in [2.45, 2.75) is 13.8 Å². The highest BCUT2D eigenvalue weighted by molar-refractivity contribution is 5.92. The Morgan fingerprint density at radius 2 is 1.79 bits per heavy atom. The van der Waals surface area contributed by atoms with E-state index in [1.807, 2.05) is 55.5 Å². The topological polar surface area (TPSA) is 53.8 Å². The van der Waals surface area contributed by atoms with Crippen LogP contribution in [0.5, 0.6) is 0 Å². The van der Waals surface area contributed by atoms with Crippen molar-refractivity contribution in [1.82, 2.24) is 0 Å². The monoisotopic (exact) mass is 253 g/mol. The van der Waals surface area contributed by atoms with E-state index in [2.05, 4.69) is 15.5 Å². The molecule has 1 amide bonds. The van der Waals surface area contributed by atoms with Gasteiger partial charge in [-0.15, -0.1) is 5.11 Å². The third-order valence-corrected chi connectivity index (χ3v) is 2.49. The smallest absolute Gasteiger partial charge is 0.221 e. The van der Waals surface area contributed by atoms with Crippen LogP contribution < -0.4 is 5.32 Å². The molecule has 0 aliphatic heterocycles. The molecule has 4 heteroatoms. The van der Waals surface area contributed by atoms with Crippen LogP contribution >= 0.6 is 0 Å². The van der Waals surface area contributed by atoms with Gasteiger partial charge in [-0.05, 0) is 36.8 Å². The molecule has 0 saturated heterocycles. The van der Waals surface area contributed by atoms with Crippen molar-refractivity contribution in [3.63, 3.8) is 0 Å². The first kappa shape index (κ1) is 13.0. The van der Waals surface area contributed by atoms with Crippen molar-refractivity contribution in [3.05, 3.63) is 54.1 Å². The van der Waals surface area contributed by atoms with E-state index in [-0.39, 0.29) is 5.91 Å². The van der Waals surface area contributed by atoms with Gasteiger partial charge in [0, 0.05) is 6.92 Å². The molecule has 1 N–H and O–H groups in total. The molecule has 0 fully saturated rings. The first-order valence-corrected chi connectivity index (χ1v) is 6.00. The summed E-state index contributed by atoms with van der Waals surface area (Å²) in [5.74, 6) is -0.123. The zero-order chi connectivity index (χ0) is 13.7. The number of nitrogens with one attached hydrogen (secondary N) is 1. The summed E-state index contributed by atoms with van der Waals surface area (Å²) in [7, 11) is 0. The van der Waals surface area contributed by atoms with E-state index in [4.69, 9.17) is 0 Å². The maximum absolute atomic E-state index is 11.2. The molecule has 0 aliphatic rings. The summed E-state index contributed by atoms with van der Waals surface area (Å²) in [5, 5.41) is 11.1. The summed E-state index contributed by atoms with van der Waals surface area (Å²) in [6.07, 6.45) is 0. The van der Waals surface area contributed by atoms with Gasteiger partial charge in [0.05, 0.1) is 11.4 Å². The summed E-state index contributed by atoms with van der Waals surface area (Å²) in [4.78, 5) is 11.2. The molecule has 2 aromatic carbocycles. The van der Waals surface area contributed by atoms with Gasteiger partial charge in [0.15, 0.2) is 0 Å². The largest absolute Gasteiger partial charge is 0.324 e. The summed E-state index contributed by atoms with van der Waals surface area (Å²) in [5.41, 5.74) is 3.15. The second-order valence-corrected chi connectivity index (χ2v) is 4.24. The maximum Gasteiger partial charge on any atom is 0.221 e. The maximum atomic E-state index is 11.2. The number of carbonyl (C=O) groups is 1. The lowest BCUT2D eigenvalue weighted by Gasteiger charge is -2.06. The number of hydrogen-bond acceptors (Lipinski definition) is 3. The number of aryl methyl sites for hydroxylation is 1. The highest BCUT2D eigenvalue weighted by Gasteiger charge is 2.03. The average molecular weight is 253 g/mol. The molecule has 0 saturated carbocycles. The van der Waals surface area contributed by atoms with Crippen LogP contribution in [0.1, 0.15) is 12.5 Å². The summed E-state index contributed by atoms with van der Waals surface area (Å²) in [6.45, 7) is 3.43. The minimum absolute atomic E-state index is 0.123. The third kappa shape index (κ3) is 3.74. The number of nitrogens with zero attached hydrogens (tertiary/aromatic N) is 2. The minimum atomic E-state index is -0.123. The number of hydrogen-bond donors (Lipinski definition) is 1. The number of azo groups is 1. The second-order valence-electron chi connectivity index (χ2n) is 4.24. The van der Waals surface area contributed by atoms with E-state index in [9.17, 15) is 4.79 Å². The molecular weight excluding hydrogens is 238 g/mol. The predicted molar refractivity (Wildman–Crippen MR) is 76.1 cm³/mol. The van der Waals surface area contributed by atoms with Crippen molar-refractivity contribution in [3.8, 4) is 0 Å². The van der Waals surface area contributed by atoms with Gasteiger partial charge in [-0.3, -0.25) is 4.79 Å². The minimum Gasteiger partial charge on any atom is -0.324 e. The molecule has 0 spiro atoms. The van der Waals surface area contributed by atoms with Crippen molar-refractivity contribution in [1.29, 1.82) is 0 Å². The Morgan fingerprint density at radius 1 is 1.05 bits per heavy atom. The van der Waals surface area contributed by atoms with Gasteiger partial charge in [0.1, 0.15) is 5.69 Å². The van der Waals surface area contributed by atoms with E-state index in [1.165, 1.54) is 6.92 Å². The third-order valence-electron chi connectivity index (χ3n) is 2.49. The van der Waals surface area contributed by atoms with E-state index in [0.717, 1.165) is 11.3 Å². The van der Waals surface area contributed by atoms with Gasteiger partial charge < -0.3 is 5.32 Å². The van der Waals surface area contributed by atoms with E-state index < -0.39 is 0 Å². The number of benzene rings is 2. The van der Waals surface area contributed by atoms with Crippen LogP contribution in [0.2, 0.25) is 0 Å². The molecule has 0 atom stereocenters. The zero-order valence-electron chi connectivity index (χ0n) is 10.9. The van der Waals surface area contributed by atoms with Crippen LogP contribution in [0.3, 0.4) is 0 Å². The van der Waals surface area contributed by atoms with E-state index in [0.29, 0.717) is 11.4 Å². The fraction of sp³-hybridized carbons (Fsp3) is 0.133. The van der Waals surface area contributed by atoms with E-state index in [1.54, 1.807) is 0 Å². The number of anilines is 1. The quantitative estimate of drug-likeness (QED) is 0.811. The number of rotatable bonds is 3. The molecule has 0 unspecified atom stereocenters. The first-order chi connectivity index (χ1) is 9.15. The Labute approximate surface area is 112 Å². The normalized spacial score (nSPS) is 10.6. The van der Waals surface area contributed by atoms with Gasteiger partial charge in [0.25, 0.3) is 0 Å². The van der Waals surface area contributed by atoms with Crippen molar-refractivity contribution in [2.24, 2.45) is 10.2 Å². The Balaban J connectivity index is 2.29. The van der Waals surface area contributed by atoms with Gasteiger partial charge in [0.2, 0.25) is 5.91 Å². The molecule has 0 bridgehead atoms. The van der Waals surface area contributed by atoms with Gasteiger partial charge in [-0.1, -0.05) is 24.3 Å². The van der Waals surface area contributed by atoms with Crippen LogP contribution in [0.15, 0.2) is 58.8 Å². The predicted octanol–water partition coefficient (Wildman–Crippen LogP) is 4.37. The Hall–Kier alpha value is -2.49. The Kier molecular flexibility index (Phi) is 4.03. The van der Waals surface area contributed by atoms with Gasteiger partial charge in [-0.25, -0.2) is 0 Å². The summed E-state index contributed by atoms with van der Waals surface area (Å²) >= 11 is 0. The SMILES string of the molecule is CC(=O)Nc1cc(C)ccc1N=Nc1ccccc1. The lowest BCUT2D eigenvalue weighted by molar-refractivity contribution is -0.114. The van der Waals surface area contributed by atoms with E-state index >= 15 is 0 Å². The van der Waals surface area contributed by atoms with Crippen LogP contribution in [-0.4, -0.2) is 5.91 Å². The lowest BCUT2D eigenvalue weighted by Crippen LogP contribution is -2.05. The number of carbonyl (C=O) groups excluding carboxylic acids is 1. The van der Waals surface area contributed by atoms with Crippen LogP contribution in [0, 0.1) is 6.92 Å². The fourth-order valence-corrected chi connectivity index (χ4v) is 1.63. The summed E-state index contributed by atoms with van der Waals surface area (Å²) < 4.78 is 0. The van der Waals surface area contributed by atoms with Crippen molar-refractivity contribution in [2.75, 3.05) is 5.32 Å². The highest BCUT2D eigenvalue weighted by Crippen LogP contribution is 2.27. The molecule has 2 rings (SSSR count). The molecule has 0 radical (unpaired) electrons. The fourth-order valence-electron chi connectivity index (χ4n) is 1.63. The Bertz CT molecular complexity index is 606. The Morgan fingerprint density at radius 3 is 2.47 bits per heavy atom. The average Bonchev–Trinajstić information content (AvgIpc) is 2.38. The van der Waals surface area contributed by atoms with Crippen LogP contribution in [-0.2, 0) is 4.79 Å². The van der Waals surface area contributed by atoms with Gasteiger partial charge >= 0.3 is 0 Å². The summed E-state index contributed by atoms with van der Waals surface area (Å²) in [6, 6.07) is 15.1. The lowest BCUT2D eigenvalue weighted by atomic mass is 10.2. The molecule has 0 heterocycles. The molecule has 0 aliphatic carbocycles. The molecular formula is C15H15N3O. The van der Waals surface area contributed by atoms with Crippen LogP contribution in [0.4, 0.5) is 17.1 Å². The standard InChI is InChI=1S/C15H15N3O/c1-11-8-9-14(15(10-11)16-12(2)19)18-17-13-6-4-3-5-7-13/h3-10H,1-2H3,(H,16,19). The molecule has 19 heavy (non-hydrogen) atoms. The van der Waals surface area contributed by atoms with Crippen molar-refractivity contribution < 1.29 is 4.79 Å². The molecule has 2 aromatic rings. The molecule has 96 valence electrons. The number of amides is 1. The van der Waals surface area contributed by atoms with Crippen molar-refractivity contribution >= 4 is 23.0 Å². The molecule has 0 aromatic heterocycles. The molecule has 4 nitrogen and oxygen atoms in total. The zero-order valence-corrected chi connectivity index (χ0v) is 10.9. The first-order valence-electron chi connectivity index (χ1n) is 6.00. The highest BCUT2D eigenvalue weighted by atomic mass is 16.1. The van der Waals surface area contributed by atoms with Gasteiger partial charge in [-0.2, -0.15) is 5.11 Å².